The van der Waals surface area contributed by atoms with Crippen LogP contribution in [0.1, 0.15) is 24.2 Å². The van der Waals surface area contributed by atoms with E-state index in [1.54, 1.807) is 13.0 Å². The van der Waals surface area contributed by atoms with Crippen molar-refractivity contribution in [2.45, 2.75) is 20.0 Å². The van der Waals surface area contributed by atoms with Crippen molar-refractivity contribution in [2.24, 2.45) is 0 Å². The lowest BCUT2D eigenvalue weighted by Gasteiger charge is -2.13. The molecule has 0 bridgehead atoms. The molecule has 0 saturated heterocycles. The molecule has 1 atom stereocenters. The standard InChI is InChI=1S/C14H16N2O6/c1-3-15-14(19)16-12(17)8(2)22-13(18)9-4-5-10-11(6-9)21-7-20-10/h4-6,8H,3,7H2,1-2H3,(H2,15,16,17,19)/t8-/m1/s1. The Hall–Kier alpha value is -2.77. The predicted octanol–water partition coefficient (Wildman–Crippen LogP) is 0.806. The lowest BCUT2D eigenvalue weighted by atomic mass is 10.2. The summed E-state index contributed by atoms with van der Waals surface area (Å²) in [7, 11) is 0. The molecule has 1 aromatic carbocycles. The number of hydrogen-bond acceptors (Lipinski definition) is 6. The summed E-state index contributed by atoms with van der Waals surface area (Å²) in [5.41, 5.74) is 0.224. The summed E-state index contributed by atoms with van der Waals surface area (Å²) in [6.45, 7) is 3.57. The van der Waals surface area contributed by atoms with E-state index < -0.39 is 24.0 Å². The fraction of sp³-hybridized carbons (Fsp3) is 0.357. The minimum absolute atomic E-state index is 0.0964. The van der Waals surface area contributed by atoms with Gasteiger partial charge in [0, 0.05) is 6.54 Å². The summed E-state index contributed by atoms with van der Waals surface area (Å²) in [5, 5.41) is 4.47. The number of ether oxygens (including phenoxy) is 3. The number of nitrogens with one attached hydrogen (secondary N) is 2. The molecule has 2 N–H and O–H groups in total. The maximum atomic E-state index is 12.0. The molecule has 0 fully saturated rings. The predicted molar refractivity (Wildman–Crippen MR) is 74.7 cm³/mol. The van der Waals surface area contributed by atoms with E-state index in [0.29, 0.717) is 18.0 Å². The van der Waals surface area contributed by atoms with Gasteiger partial charge in [-0.25, -0.2) is 9.59 Å². The van der Waals surface area contributed by atoms with Crippen molar-refractivity contribution in [2.75, 3.05) is 13.3 Å². The SMILES string of the molecule is CCNC(=O)NC(=O)[C@@H](C)OC(=O)c1ccc2c(c1)OCO2. The average molecular weight is 308 g/mol. The first-order valence-electron chi connectivity index (χ1n) is 6.70. The molecule has 1 aromatic rings. The van der Waals surface area contributed by atoms with E-state index >= 15 is 0 Å². The van der Waals surface area contributed by atoms with Gasteiger partial charge in [-0.2, -0.15) is 0 Å². The van der Waals surface area contributed by atoms with Gasteiger partial charge >= 0.3 is 12.0 Å². The van der Waals surface area contributed by atoms with Crippen molar-refractivity contribution < 1.29 is 28.6 Å². The molecule has 1 aliphatic rings. The van der Waals surface area contributed by atoms with Crippen LogP contribution in [0.4, 0.5) is 4.79 Å². The lowest BCUT2D eigenvalue weighted by Crippen LogP contribution is -2.44. The minimum Gasteiger partial charge on any atom is -0.454 e. The Bertz CT molecular complexity index is 601. The van der Waals surface area contributed by atoms with Gasteiger partial charge in [-0.15, -0.1) is 0 Å². The molecule has 0 unspecified atom stereocenters. The average Bonchev–Trinajstić information content (AvgIpc) is 2.94. The lowest BCUT2D eigenvalue weighted by molar-refractivity contribution is -0.127. The molecule has 8 nitrogen and oxygen atoms in total. The summed E-state index contributed by atoms with van der Waals surface area (Å²) >= 11 is 0. The van der Waals surface area contributed by atoms with Crippen molar-refractivity contribution in [1.82, 2.24) is 10.6 Å². The van der Waals surface area contributed by atoms with Gasteiger partial charge < -0.3 is 19.5 Å². The summed E-state index contributed by atoms with van der Waals surface area (Å²) in [4.78, 5) is 34.9. The number of esters is 1. The summed E-state index contributed by atoms with van der Waals surface area (Å²) in [5.74, 6) is -0.427. The van der Waals surface area contributed by atoms with Gasteiger partial charge in [0.2, 0.25) is 6.79 Å². The van der Waals surface area contributed by atoms with Gasteiger partial charge in [-0.3, -0.25) is 10.1 Å². The van der Waals surface area contributed by atoms with Gasteiger partial charge in [0.15, 0.2) is 17.6 Å². The number of carbonyl (C=O) groups excluding carboxylic acids is 3. The van der Waals surface area contributed by atoms with E-state index in [-0.39, 0.29) is 12.4 Å². The third-order valence-corrected chi connectivity index (χ3v) is 2.84. The van der Waals surface area contributed by atoms with Crippen LogP contribution in [0.15, 0.2) is 18.2 Å². The van der Waals surface area contributed by atoms with Gasteiger partial charge in [-0.1, -0.05) is 0 Å². The van der Waals surface area contributed by atoms with Crippen LogP contribution in [-0.2, 0) is 9.53 Å². The molecule has 22 heavy (non-hydrogen) atoms. The van der Waals surface area contributed by atoms with Crippen LogP contribution in [0.3, 0.4) is 0 Å². The maximum absolute atomic E-state index is 12.0. The largest absolute Gasteiger partial charge is 0.454 e. The number of urea groups is 1. The quantitative estimate of drug-likeness (QED) is 0.798. The number of imide groups is 1. The molecule has 0 aromatic heterocycles. The zero-order chi connectivity index (χ0) is 16.1. The van der Waals surface area contributed by atoms with E-state index in [1.165, 1.54) is 19.1 Å². The van der Waals surface area contributed by atoms with E-state index in [4.69, 9.17) is 14.2 Å². The highest BCUT2D eigenvalue weighted by Gasteiger charge is 2.22. The topological polar surface area (TPSA) is 103 Å². The van der Waals surface area contributed by atoms with Crippen molar-refractivity contribution >= 4 is 17.9 Å². The number of carbonyl (C=O) groups is 3. The fourth-order valence-electron chi connectivity index (χ4n) is 1.72. The second-order valence-corrected chi connectivity index (χ2v) is 4.46. The van der Waals surface area contributed by atoms with E-state index in [1.807, 2.05) is 0 Å². The molecule has 118 valence electrons. The zero-order valence-corrected chi connectivity index (χ0v) is 12.2. The Morgan fingerprint density at radius 1 is 1.27 bits per heavy atom. The summed E-state index contributed by atoms with van der Waals surface area (Å²) in [6, 6.07) is 3.92. The molecule has 0 saturated carbocycles. The Morgan fingerprint density at radius 3 is 2.73 bits per heavy atom. The van der Waals surface area contributed by atoms with Gasteiger partial charge in [0.1, 0.15) is 0 Å². The molecule has 1 heterocycles. The van der Waals surface area contributed by atoms with Crippen molar-refractivity contribution in [3.8, 4) is 11.5 Å². The molecule has 2 rings (SSSR count). The molecular weight excluding hydrogens is 292 g/mol. The minimum atomic E-state index is -1.11. The molecule has 0 aliphatic carbocycles. The first-order chi connectivity index (χ1) is 10.5. The van der Waals surface area contributed by atoms with Crippen LogP contribution in [0, 0.1) is 0 Å². The highest BCUT2D eigenvalue weighted by molar-refractivity contribution is 5.98. The second kappa shape index (κ2) is 6.79. The van der Waals surface area contributed by atoms with Crippen molar-refractivity contribution in [3.63, 3.8) is 0 Å². The first kappa shape index (κ1) is 15.6. The molecule has 1 aliphatic heterocycles. The normalized spacial score (nSPS) is 13.2. The summed E-state index contributed by atoms with van der Waals surface area (Å²) in [6.07, 6.45) is -1.11. The van der Waals surface area contributed by atoms with Crippen LogP contribution in [0.25, 0.3) is 0 Å². The number of fused-ring (bicyclic) bond motifs is 1. The number of amides is 3. The fourth-order valence-corrected chi connectivity index (χ4v) is 1.72. The Balaban J connectivity index is 1.93. The van der Waals surface area contributed by atoms with Gasteiger partial charge in [0.05, 0.1) is 5.56 Å². The smallest absolute Gasteiger partial charge is 0.339 e. The Labute approximate surface area is 126 Å². The molecule has 8 heteroatoms. The van der Waals surface area contributed by atoms with E-state index in [2.05, 4.69) is 10.6 Å². The highest BCUT2D eigenvalue weighted by atomic mass is 16.7. The Morgan fingerprint density at radius 2 is 2.00 bits per heavy atom. The molecule has 3 amide bonds. The molecule has 0 spiro atoms. The van der Waals surface area contributed by atoms with Crippen LogP contribution in [0.5, 0.6) is 11.5 Å². The van der Waals surface area contributed by atoms with Crippen LogP contribution >= 0.6 is 0 Å². The van der Waals surface area contributed by atoms with Crippen LogP contribution in [-0.4, -0.2) is 37.3 Å². The second-order valence-electron chi connectivity index (χ2n) is 4.46. The summed E-state index contributed by atoms with van der Waals surface area (Å²) < 4.78 is 15.3. The van der Waals surface area contributed by atoms with Crippen LogP contribution in [0.2, 0.25) is 0 Å². The van der Waals surface area contributed by atoms with Crippen LogP contribution < -0.4 is 20.1 Å². The van der Waals surface area contributed by atoms with E-state index in [0.717, 1.165) is 0 Å². The van der Waals surface area contributed by atoms with Crippen molar-refractivity contribution in [3.05, 3.63) is 23.8 Å². The number of benzene rings is 1. The third kappa shape index (κ3) is 3.66. The zero-order valence-electron chi connectivity index (χ0n) is 12.2. The van der Waals surface area contributed by atoms with Crippen molar-refractivity contribution in [1.29, 1.82) is 0 Å². The van der Waals surface area contributed by atoms with Gasteiger partial charge in [-0.05, 0) is 32.0 Å². The Kier molecular flexibility index (Phi) is 4.82. The van der Waals surface area contributed by atoms with Gasteiger partial charge in [0.25, 0.3) is 5.91 Å². The highest BCUT2D eigenvalue weighted by Crippen LogP contribution is 2.32. The molecular formula is C14H16N2O6. The number of rotatable bonds is 4. The number of hydrogen-bond donors (Lipinski definition) is 2. The first-order valence-corrected chi connectivity index (χ1v) is 6.70. The monoisotopic (exact) mass is 308 g/mol. The molecule has 0 radical (unpaired) electrons. The van der Waals surface area contributed by atoms with E-state index in [9.17, 15) is 14.4 Å². The third-order valence-electron chi connectivity index (χ3n) is 2.84. The maximum Gasteiger partial charge on any atom is 0.339 e.